The van der Waals surface area contributed by atoms with Gasteiger partial charge in [-0.2, -0.15) is 0 Å². The molecule has 4 rings (SSSR count). The van der Waals surface area contributed by atoms with Gasteiger partial charge in [0.15, 0.2) is 0 Å². The number of fused-ring (bicyclic) bond motifs is 1. The molecule has 0 aliphatic rings. The third-order valence-electron chi connectivity index (χ3n) is 3.99. The summed E-state index contributed by atoms with van der Waals surface area (Å²) in [5, 5.41) is 1.21. The fourth-order valence-corrected chi connectivity index (χ4v) is 3.99. The summed E-state index contributed by atoms with van der Waals surface area (Å²) in [6.45, 7) is 0. The number of thioether (sulfide) groups is 1. The number of rotatable bonds is 4. The van der Waals surface area contributed by atoms with Crippen molar-refractivity contribution in [3.8, 4) is 11.3 Å². The highest BCUT2D eigenvalue weighted by molar-refractivity contribution is 7.98. The van der Waals surface area contributed by atoms with Crippen molar-refractivity contribution in [3.63, 3.8) is 0 Å². The molecule has 0 radical (unpaired) electrons. The van der Waals surface area contributed by atoms with Crippen LogP contribution in [0.3, 0.4) is 0 Å². The molecule has 118 valence electrons. The standard InChI is InChI=1S/C21H16FNS/c22-17-10-6-7-15(13-17)14-24-21-18-11-4-5-12-19(18)23-20(21)16-8-2-1-3-9-16/h1-13,23H,14H2. The Morgan fingerprint density at radius 2 is 1.62 bits per heavy atom. The van der Waals surface area contributed by atoms with Crippen LogP contribution in [0.15, 0.2) is 83.8 Å². The molecular formula is C21H16FNS. The first-order valence-corrected chi connectivity index (χ1v) is 8.83. The van der Waals surface area contributed by atoms with Gasteiger partial charge < -0.3 is 4.98 Å². The monoisotopic (exact) mass is 333 g/mol. The van der Waals surface area contributed by atoms with E-state index in [1.54, 1.807) is 23.9 Å². The van der Waals surface area contributed by atoms with E-state index in [4.69, 9.17) is 0 Å². The number of hydrogen-bond acceptors (Lipinski definition) is 1. The fourth-order valence-electron chi connectivity index (χ4n) is 2.86. The summed E-state index contributed by atoms with van der Waals surface area (Å²) in [5.74, 6) is 0.551. The number of halogens is 1. The Morgan fingerprint density at radius 1 is 0.833 bits per heavy atom. The topological polar surface area (TPSA) is 15.8 Å². The number of para-hydroxylation sites is 1. The van der Waals surface area contributed by atoms with Gasteiger partial charge in [0.25, 0.3) is 0 Å². The van der Waals surface area contributed by atoms with Crippen LogP contribution >= 0.6 is 11.8 Å². The first-order chi connectivity index (χ1) is 11.8. The molecule has 3 heteroatoms. The molecule has 0 amide bonds. The van der Waals surface area contributed by atoms with Crippen LogP contribution in [-0.2, 0) is 5.75 Å². The summed E-state index contributed by atoms with van der Waals surface area (Å²) in [4.78, 5) is 4.74. The Balaban J connectivity index is 1.75. The summed E-state index contributed by atoms with van der Waals surface area (Å²) in [7, 11) is 0. The maximum Gasteiger partial charge on any atom is 0.123 e. The number of aromatic nitrogens is 1. The van der Waals surface area contributed by atoms with E-state index in [0.717, 1.165) is 28.1 Å². The predicted molar refractivity (Wildman–Crippen MR) is 99.7 cm³/mol. The van der Waals surface area contributed by atoms with Crippen LogP contribution in [-0.4, -0.2) is 4.98 Å². The lowest BCUT2D eigenvalue weighted by molar-refractivity contribution is 0.626. The van der Waals surface area contributed by atoms with E-state index in [0.29, 0.717) is 0 Å². The van der Waals surface area contributed by atoms with Gasteiger partial charge in [0, 0.05) is 21.6 Å². The molecule has 0 saturated heterocycles. The normalized spacial score (nSPS) is 11.0. The minimum atomic E-state index is -0.185. The van der Waals surface area contributed by atoms with Gasteiger partial charge in [-0.05, 0) is 29.3 Å². The number of benzene rings is 3. The molecule has 1 N–H and O–H groups in total. The van der Waals surface area contributed by atoms with Crippen LogP contribution in [0.2, 0.25) is 0 Å². The first kappa shape index (κ1) is 15.0. The summed E-state index contributed by atoms with van der Waals surface area (Å²) < 4.78 is 13.4. The first-order valence-electron chi connectivity index (χ1n) is 7.84. The molecule has 1 aromatic heterocycles. The second-order valence-electron chi connectivity index (χ2n) is 5.66. The molecule has 1 heterocycles. The van der Waals surface area contributed by atoms with Crippen LogP contribution in [0.4, 0.5) is 4.39 Å². The molecule has 0 atom stereocenters. The third kappa shape index (κ3) is 2.95. The molecule has 0 saturated carbocycles. The van der Waals surface area contributed by atoms with Gasteiger partial charge in [-0.1, -0.05) is 60.7 Å². The van der Waals surface area contributed by atoms with E-state index < -0.39 is 0 Å². The van der Waals surface area contributed by atoms with Crippen LogP contribution in [0, 0.1) is 5.82 Å². The second-order valence-corrected chi connectivity index (χ2v) is 6.64. The Hall–Kier alpha value is -2.52. The van der Waals surface area contributed by atoms with Crippen molar-refractivity contribution in [1.82, 2.24) is 4.98 Å². The summed E-state index contributed by atoms with van der Waals surface area (Å²) >= 11 is 1.74. The number of aromatic amines is 1. The third-order valence-corrected chi connectivity index (χ3v) is 5.18. The maximum atomic E-state index is 13.4. The molecule has 0 aliphatic carbocycles. The van der Waals surface area contributed by atoms with E-state index in [2.05, 4.69) is 35.3 Å². The average Bonchev–Trinajstić information content (AvgIpc) is 2.99. The minimum Gasteiger partial charge on any atom is -0.354 e. The minimum absolute atomic E-state index is 0.185. The van der Waals surface area contributed by atoms with Crippen molar-refractivity contribution >= 4 is 22.7 Å². The van der Waals surface area contributed by atoms with Crippen LogP contribution in [0.5, 0.6) is 0 Å². The van der Waals surface area contributed by atoms with E-state index in [1.807, 2.05) is 30.3 Å². The SMILES string of the molecule is Fc1cccc(CSc2c(-c3ccccc3)[nH]c3ccccc23)c1. The Kier molecular flexibility index (Phi) is 4.09. The molecule has 0 spiro atoms. The quantitative estimate of drug-likeness (QED) is 0.435. The molecule has 1 nitrogen and oxygen atoms in total. The molecular weight excluding hydrogens is 317 g/mol. The zero-order valence-electron chi connectivity index (χ0n) is 13.0. The molecule has 0 bridgehead atoms. The number of H-pyrrole nitrogens is 1. The van der Waals surface area contributed by atoms with Crippen molar-refractivity contribution < 1.29 is 4.39 Å². The summed E-state index contributed by atoms with van der Waals surface area (Å²) in [5.41, 5.74) is 4.40. The van der Waals surface area contributed by atoms with Crippen molar-refractivity contribution in [2.45, 2.75) is 10.6 Å². The molecule has 0 fully saturated rings. The smallest absolute Gasteiger partial charge is 0.123 e. The molecule has 0 aliphatic heterocycles. The van der Waals surface area contributed by atoms with Crippen molar-refractivity contribution in [2.75, 3.05) is 0 Å². The van der Waals surface area contributed by atoms with E-state index in [9.17, 15) is 4.39 Å². The Bertz CT molecular complexity index is 975. The average molecular weight is 333 g/mol. The Labute approximate surface area is 144 Å². The van der Waals surface area contributed by atoms with Gasteiger partial charge in [0.1, 0.15) is 5.82 Å². The lowest BCUT2D eigenvalue weighted by Crippen LogP contribution is -1.84. The van der Waals surface area contributed by atoms with Gasteiger partial charge in [-0.25, -0.2) is 4.39 Å². The number of hydrogen-bond donors (Lipinski definition) is 1. The number of nitrogens with one attached hydrogen (secondary N) is 1. The lowest BCUT2D eigenvalue weighted by Gasteiger charge is -2.06. The van der Waals surface area contributed by atoms with Gasteiger partial charge in [-0.3, -0.25) is 0 Å². The van der Waals surface area contributed by atoms with Gasteiger partial charge in [-0.15, -0.1) is 11.8 Å². The second kappa shape index (κ2) is 6.54. The molecule has 4 aromatic rings. The van der Waals surface area contributed by atoms with E-state index in [-0.39, 0.29) is 5.82 Å². The fraction of sp³-hybridized carbons (Fsp3) is 0.0476. The zero-order valence-corrected chi connectivity index (χ0v) is 13.8. The maximum absolute atomic E-state index is 13.4. The zero-order chi connectivity index (χ0) is 16.4. The highest BCUT2D eigenvalue weighted by atomic mass is 32.2. The molecule has 0 unspecified atom stereocenters. The molecule has 24 heavy (non-hydrogen) atoms. The van der Waals surface area contributed by atoms with Crippen LogP contribution in [0.1, 0.15) is 5.56 Å². The highest BCUT2D eigenvalue weighted by Gasteiger charge is 2.13. The largest absolute Gasteiger partial charge is 0.354 e. The van der Waals surface area contributed by atoms with Crippen molar-refractivity contribution in [2.24, 2.45) is 0 Å². The lowest BCUT2D eigenvalue weighted by atomic mass is 10.1. The Morgan fingerprint density at radius 3 is 2.46 bits per heavy atom. The van der Waals surface area contributed by atoms with Crippen LogP contribution < -0.4 is 0 Å². The predicted octanol–water partition coefficient (Wildman–Crippen LogP) is 6.27. The van der Waals surface area contributed by atoms with Crippen molar-refractivity contribution in [3.05, 3.63) is 90.2 Å². The van der Waals surface area contributed by atoms with Crippen LogP contribution in [0.25, 0.3) is 22.2 Å². The highest BCUT2D eigenvalue weighted by Crippen LogP contribution is 2.39. The van der Waals surface area contributed by atoms with Gasteiger partial charge >= 0.3 is 0 Å². The van der Waals surface area contributed by atoms with E-state index >= 15 is 0 Å². The van der Waals surface area contributed by atoms with Crippen molar-refractivity contribution in [1.29, 1.82) is 0 Å². The van der Waals surface area contributed by atoms with Gasteiger partial charge in [0.05, 0.1) is 5.69 Å². The van der Waals surface area contributed by atoms with Gasteiger partial charge in [0.2, 0.25) is 0 Å². The molecule has 3 aromatic carbocycles. The summed E-state index contributed by atoms with van der Waals surface area (Å²) in [6, 6.07) is 25.4. The van der Waals surface area contributed by atoms with E-state index in [1.165, 1.54) is 16.3 Å². The summed E-state index contributed by atoms with van der Waals surface area (Å²) in [6.07, 6.45) is 0.